The first-order valence-corrected chi connectivity index (χ1v) is 36.0. The minimum Gasteiger partial charge on any atom is -0.456 e. The third-order valence-corrected chi connectivity index (χ3v) is 22.1. The lowest BCUT2D eigenvalue weighted by atomic mass is 10.0. The first kappa shape index (κ1) is 58.3. The molecular weight excluding hydrogens is 1300 g/mol. The summed E-state index contributed by atoms with van der Waals surface area (Å²) in [6.45, 7) is 0. The maximum absolute atomic E-state index is 6.23. The van der Waals surface area contributed by atoms with Crippen molar-refractivity contribution in [3.05, 3.63) is 346 Å². The van der Waals surface area contributed by atoms with Gasteiger partial charge in [0, 0.05) is 98.4 Å². The van der Waals surface area contributed by atoms with Gasteiger partial charge in [-0.05, 0) is 202 Å². The van der Waals surface area contributed by atoms with Crippen LogP contribution in [0.3, 0.4) is 0 Å². The molecule has 0 aliphatic carbocycles. The summed E-state index contributed by atoms with van der Waals surface area (Å²) < 4.78 is 25.8. The van der Waals surface area contributed by atoms with E-state index in [2.05, 4.69) is 323 Å². The van der Waals surface area contributed by atoms with Crippen LogP contribution < -0.4 is 0 Å². The Morgan fingerprint density at radius 3 is 0.868 bits per heavy atom. The van der Waals surface area contributed by atoms with Gasteiger partial charge in [-0.1, -0.05) is 188 Å². The molecule has 0 radical (unpaired) electrons. The summed E-state index contributed by atoms with van der Waals surface area (Å²) in [5, 5.41) is 16.1. The first-order valence-electron chi connectivity index (χ1n) is 36.0. The molecule has 0 amide bonds. The van der Waals surface area contributed by atoms with E-state index in [1.54, 1.807) is 0 Å². The standard InChI is InChI=1S/C98H57N5O3/c1-7-19-86-72(13-1)78-51-62(65-35-46-95-81(54-65)75-16-4-10-22-92(75)104-95)32-43-89(78)101(86)69-38-27-58(28-39-69)84-57-85(59-29-40-70(41-30-59)102-87-20-8-2-14-73(87)79-52-63(33-44-90(79)102)66-36-47-96-82(55-66)76-17-5-11-23-93(76)105-96)100-98(99-84)68-26-25-61-50-71(42-31-60(61)49-68)103-88-21-9-3-15-74(88)80-53-64(34-45-91(80)103)67-37-48-97-83(56-67)77-18-6-12-24-94(77)106-97/h1-57H. The highest BCUT2D eigenvalue weighted by atomic mass is 16.3. The molecule has 106 heavy (non-hydrogen) atoms. The normalized spacial score (nSPS) is 12.2. The van der Waals surface area contributed by atoms with Gasteiger partial charge in [0.05, 0.1) is 44.5 Å². The van der Waals surface area contributed by atoms with Gasteiger partial charge in [-0.2, -0.15) is 0 Å². The molecule has 0 N–H and O–H groups in total. The summed E-state index contributed by atoms with van der Waals surface area (Å²) in [6, 6.07) is 124. The van der Waals surface area contributed by atoms with E-state index in [0.29, 0.717) is 5.82 Å². The van der Waals surface area contributed by atoms with E-state index in [1.807, 2.05) is 36.4 Å². The lowest BCUT2D eigenvalue weighted by Gasteiger charge is -2.13. The Kier molecular flexibility index (Phi) is 12.4. The van der Waals surface area contributed by atoms with E-state index in [1.165, 1.54) is 32.3 Å². The van der Waals surface area contributed by atoms with Crippen molar-refractivity contribution in [1.29, 1.82) is 0 Å². The highest BCUT2D eigenvalue weighted by Gasteiger charge is 2.22. The largest absolute Gasteiger partial charge is 0.456 e. The number of aromatic nitrogens is 5. The highest BCUT2D eigenvalue weighted by Crippen LogP contribution is 2.44. The number of furan rings is 3. The van der Waals surface area contributed by atoms with Gasteiger partial charge < -0.3 is 27.0 Å². The van der Waals surface area contributed by atoms with E-state index in [4.69, 9.17) is 23.2 Å². The van der Waals surface area contributed by atoms with Gasteiger partial charge >= 0.3 is 0 Å². The third-order valence-electron chi connectivity index (χ3n) is 22.1. The van der Waals surface area contributed by atoms with Gasteiger partial charge in [0.15, 0.2) is 5.82 Å². The molecule has 23 aromatic rings. The van der Waals surface area contributed by atoms with Crippen LogP contribution in [0.5, 0.6) is 0 Å². The molecule has 0 fully saturated rings. The smallest absolute Gasteiger partial charge is 0.160 e. The number of rotatable bonds is 9. The zero-order chi connectivity index (χ0) is 69.2. The lowest BCUT2D eigenvalue weighted by molar-refractivity contribution is 0.668. The molecule has 16 aromatic carbocycles. The molecule has 0 atom stereocenters. The van der Waals surface area contributed by atoms with Crippen molar-refractivity contribution in [3.63, 3.8) is 0 Å². The monoisotopic (exact) mass is 1350 g/mol. The molecule has 0 aliphatic heterocycles. The van der Waals surface area contributed by atoms with Crippen LogP contribution in [0.25, 0.3) is 226 Å². The molecule has 0 bridgehead atoms. The Morgan fingerprint density at radius 1 is 0.179 bits per heavy atom. The van der Waals surface area contributed by atoms with Crippen molar-refractivity contribution in [3.8, 4) is 84.3 Å². The summed E-state index contributed by atoms with van der Waals surface area (Å²) in [6.07, 6.45) is 0. The highest BCUT2D eigenvalue weighted by molar-refractivity contribution is 6.15. The lowest BCUT2D eigenvalue weighted by Crippen LogP contribution is -1.98. The minimum atomic E-state index is 0.640. The first-order chi connectivity index (χ1) is 52.5. The average molecular weight is 1350 g/mol. The number of nitrogens with zero attached hydrogens (tertiary/aromatic N) is 5. The Morgan fingerprint density at radius 2 is 0.462 bits per heavy atom. The van der Waals surface area contributed by atoms with Gasteiger partial charge in [-0.3, -0.25) is 0 Å². The SMILES string of the molecule is c1ccc2c(c1)oc1ccc(-c3ccc4c(c3)c3ccccc3n4-c3ccc(-c4cc(-c5ccc(-n6c7ccccc7c7cc(-c8ccc9oc%10ccccc%10c9c8)ccc76)cc5)nc(-c5ccc6cc(-n7c8ccccc8c8cc(-c9ccc%10oc%11ccccc%11c%10c9)ccc87)ccc6c5)n4)cc3)cc12. The second-order valence-corrected chi connectivity index (χ2v) is 28.0. The Hall–Kier alpha value is -14.3. The minimum absolute atomic E-state index is 0.640. The maximum Gasteiger partial charge on any atom is 0.160 e. The summed E-state index contributed by atoms with van der Waals surface area (Å²) in [5.74, 6) is 0.640. The Balaban J connectivity index is 0.621. The second-order valence-electron chi connectivity index (χ2n) is 28.0. The molecule has 492 valence electrons. The van der Waals surface area contributed by atoms with Crippen LogP contribution in [-0.4, -0.2) is 23.7 Å². The van der Waals surface area contributed by atoms with Gasteiger partial charge in [0.1, 0.15) is 33.5 Å². The number of para-hydroxylation sites is 6. The van der Waals surface area contributed by atoms with Crippen LogP contribution in [-0.2, 0) is 0 Å². The fourth-order valence-corrected chi connectivity index (χ4v) is 17.0. The quantitative estimate of drug-likeness (QED) is 0.144. The van der Waals surface area contributed by atoms with Crippen molar-refractivity contribution < 1.29 is 13.3 Å². The fraction of sp³-hybridized carbons (Fsp3) is 0. The predicted molar refractivity (Wildman–Crippen MR) is 437 cm³/mol. The molecule has 23 rings (SSSR count). The molecular formula is C98H57N5O3. The van der Waals surface area contributed by atoms with Crippen LogP contribution in [0.1, 0.15) is 0 Å². The summed E-state index contributed by atoms with van der Waals surface area (Å²) in [7, 11) is 0. The summed E-state index contributed by atoms with van der Waals surface area (Å²) >= 11 is 0. The number of hydrogen-bond acceptors (Lipinski definition) is 5. The molecule has 0 spiro atoms. The van der Waals surface area contributed by atoms with E-state index >= 15 is 0 Å². The summed E-state index contributed by atoms with van der Waals surface area (Å²) in [4.78, 5) is 11.0. The number of benzene rings is 16. The van der Waals surface area contributed by atoms with Gasteiger partial charge in [-0.15, -0.1) is 0 Å². The van der Waals surface area contributed by atoms with Crippen molar-refractivity contribution >= 4 is 142 Å². The van der Waals surface area contributed by atoms with Crippen LogP contribution in [0.4, 0.5) is 0 Å². The molecule has 0 saturated heterocycles. The number of hydrogen-bond donors (Lipinski definition) is 0. The fourth-order valence-electron chi connectivity index (χ4n) is 17.0. The molecule has 0 aliphatic rings. The second kappa shape index (κ2) is 22.6. The van der Waals surface area contributed by atoms with E-state index in [9.17, 15) is 0 Å². The zero-order valence-electron chi connectivity index (χ0n) is 56.9. The van der Waals surface area contributed by atoms with Crippen molar-refractivity contribution in [2.24, 2.45) is 0 Å². The Labute approximate surface area is 605 Å². The molecule has 7 heterocycles. The molecule has 7 aromatic heterocycles. The van der Waals surface area contributed by atoms with Crippen LogP contribution >= 0.6 is 0 Å². The molecule has 0 saturated carbocycles. The topological polar surface area (TPSA) is 80.0 Å². The van der Waals surface area contributed by atoms with Crippen molar-refractivity contribution in [1.82, 2.24) is 23.7 Å². The van der Waals surface area contributed by atoms with E-state index in [-0.39, 0.29) is 0 Å². The zero-order valence-corrected chi connectivity index (χ0v) is 56.9. The Bertz CT molecular complexity index is 7350. The van der Waals surface area contributed by atoms with Gasteiger partial charge in [-0.25, -0.2) is 9.97 Å². The third kappa shape index (κ3) is 9.01. The van der Waals surface area contributed by atoms with E-state index < -0.39 is 0 Å². The van der Waals surface area contributed by atoms with Crippen molar-refractivity contribution in [2.75, 3.05) is 0 Å². The van der Waals surface area contributed by atoms with Crippen LogP contribution in [0.15, 0.2) is 359 Å². The van der Waals surface area contributed by atoms with Gasteiger partial charge in [0.25, 0.3) is 0 Å². The van der Waals surface area contributed by atoms with Crippen molar-refractivity contribution in [2.45, 2.75) is 0 Å². The predicted octanol–water partition coefficient (Wildman–Crippen LogP) is 26.6. The van der Waals surface area contributed by atoms with Crippen LogP contribution in [0.2, 0.25) is 0 Å². The van der Waals surface area contributed by atoms with Crippen LogP contribution in [0, 0.1) is 0 Å². The molecule has 8 heteroatoms. The maximum atomic E-state index is 6.23. The van der Waals surface area contributed by atoms with Gasteiger partial charge in [0.2, 0.25) is 0 Å². The summed E-state index contributed by atoms with van der Waals surface area (Å²) in [5.41, 5.74) is 26.8. The average Bonchev–Trinajstić information content (AvgIpc) is 1.59. The van der Waals surface area contributed by atoms with E-state index in [0.717, 1.165) is 188 Å². The number of fused-ring (bicyclic) bond motifs is 19. The molecule has 8 nitrogen and oxygen atoms in total. The molecule has 0 unspecified atom stereocenters.